The minimum absolute atomic E-state index is 0.136. The topological polar surface area (TPSA) is 61.0 Å². The van der Waals surface area contributed by atoms with Crippen molar-refractivity contribution in [3.8, 4) is 5.88 Å². The quantitative estimate of drug-likeness (QED) is 0.649. The summed E-state index contributed by atoms with van der Waals surface area (Å²) in [4.78, 5) is 7.24. The molecular formula is C5H6FN3O. The Bertz CT molecular complexity index is 201. The monoisotopic (exact) mass is 143 g/mol. The number of hydrogen-bond donors (Lipinski definition) is 1. The Morgan fingerprint density at radius 2 is 2.30 bits per heavy atom. The number of nitrogen functional groups attached to an aromatic ring is 1. The molecule has 10 heavy (non-hydrogen) atoms. The molecule has 0 spiro atoms. The molecule has 4 nitrogen and oxygen atoms in total. The van der Waals surface area contributed by atoms with Crippen molar-refractivity contribution in [3.05, 3.63) is 12.4 Å². The van der Waals surface area contributed by atoms with Gasteiger partial charge in [0.05, 0.1) is 12.4 Å². The molecule has 0 amide bonds. The average molecular weight is 143 g/mol. The number of halogens is 1. The Balaban J connectivity index is 2.69. The van der Waals surface area contributed by atoms with Crippen molar-refractivity contribution in [1.82, 2.24) is 9.97 Å². The molecule has 1 heterocycles. The van der Waals surface area contributed by atoms with E-state index in [-0.39, 0.29) is 11.7 Å². The lowest BCUT2D eigenvalue weighted by molar-refractivity contribution is 0.184. The molecule has 0 aromatic carbocycles. The van der Waals surface area contributed by atoms with E-state index >= 15 is 0 Å². The largest absolute Gasteiger partial charge is 0.445 e. The zero-order chi connectivity index (χ0) is 7.40. The van der Waals surface area contributed by atoms with Gasteiger partial charge in [0.1, 0.15) is 5.82 Å². The summed E-state index contributed by atoms with van der Waals surface area (Å²) in [5.74, 6) is 0.419. The van der Waals surface area contributed by atoms with E-state index < -0.39 is 6.86 Å². The van der Waals surface area contributed by atoms with Crippen LogP contribution in [0, 0.1) is 0 Å². The Hall–Kier alpha value is -1.39. The van der Waals surface area contributed by atoms with Crippen LogP contribution in [0.25, 0.3) is 0 Å². The zero-order valence-corrected chi connectivity index (χ0v) is 5.12. The van der Waals surface area contributed by atoms with Crippen molar-refractivity contribution in [2.24, 2.45) is 0 Å². The Labute approximate surface area is 56.9 Å². The lowest BCUT2D eigenvalue weighted by Gasteiger charge is -1.97. The van der Waals surface area contributed by atoms with Gasteiger partial charge in [0, 0.05) is 0 Å². The van der Waals surface area contributed by atoms with Crippen LogP contribution in [-0.2, 0) is 0 Å². The first-order valence-electron chi connectivity index (χ1n) is 2.59. The maximum atomic E-state index is 11.5. The molecule has 0 bridgehead atoms. The van der Waals surface area contributed by atoms with Crippen LogP contribution in [0.1, 0.15) is 0 Å². The van der Waals surface area contributed by atoms with Crippen molar-refractivity contribution in [2.75, 3.05) is 12.6 Å². The number of alkyl halides is 1. The number of aromatic nitrogens is 2. The molecule has 1 rings (SSSR count). The van der Waals surface area contributed by atoms with Gasteiger partial charge in [0.15, 0.2) is 0 Å². The summed E-state index contributed by atoms with van der Waals surface area (Å²) >= 11 is 0. The molecule has 0 aliphatic carbocycles. The summed E-state index contributed by atoms with van der Waals surface area (Å²) in [6, 6.07) is 0. The van der Waals surface area contributed by atoms with Crippen LogP contribution >= 0.6 is 0 Å². The molecule has 0 aliphatic rings. The van der Waals surface area contributed by atoms with E-state index in [1.165, 1.54) is 12.4 Å². The third-order valence-electron chi connectivity index (χ3n) is 0.851. The number of anilines is 1. The van der Waals surface area contributed by atoms with E-state index in [1.54, 1.807) is 0 Å². The highest BCUT2D eigenvalue weighted by atomic mass is 19.1. The van der Waals surface area contributed by atoms with Crippen LogP contribution in [-0.4, -0.2) is 16.8 Å². The molecule has 5 heteroatoms. The van der Waals surface area contributed by atoms with Crippen LogP contribution in [0.2, 0.25) is 0 Å². The van der Waals surface area contributed by atoms with Gasteiger partial charge in [0.2, 0.25) is 12.7 Å². The standard InChI is InChI=1S/C5H6FN3O/c6-3-10-5-2-8-4(7)1-9-5/h1-2H,3H2,(H2,7,8). The van der Waals surface area contributed by atoms with E-state index in [9.17, 15) is 4.39 Å². The minimum atomic E-state index is -0.904. The first-order chi connectivity index (χ1) is 4.83. The van der Waals surface area contributed by atoms with Gasteiger partial charge in [-0.15, -0.1) is 0 Å². The number of nitrogens with zero attached hydrogens (tertiary/aromatic N) is 2. The summed E-state index contributed by atoms with van der Waals surface area (Å²) in [7, 11) is 0. The molecule has 0 fully saturated rings. The lowest BCUT2D eigenvalue weighted by atomic mass is 10.7. The molecule has 0 aliphatic heterocycles. The number of nitrogens with two attached hydrogens (primary N) is 1. The van der Waals surface area contributed by atoms with Crippen molar-refractivity contribution in [2.45, 2.75) is 0 Å². The molecule has 0 unspecified atom stereocenters. The fraction of sp³-hybridized carbons (Fsp3) is 0.200. The van der Waals surface area contributed by atoms with Gasteiger partial charge in [0.25, 0.3) is 0 Å². The van der Waals surface area contributed by atoms with Gasteiger partial charge in [-0.1, -0.05) is 0 Å². The second-order valence-corrected chi connectivity index (χ2v) is 1.53. The predicted molar refractivity (Wildman–Crippen MR) is 33.0 cm³/mol. The predicted octanol–water partition coefficient (Wildman–Crippen LogP) is 0.365. The van der Waals surface area contributed by atoms with Crippen molar-refractivity contribution >= 4 is 5.82 Å². The van der Waals surface area contributed by atoms with Gasteiger partial charge < -0.3 is 10.5 Å². The van der Waals surface area contributed by atoms with E-state index in [4.69, 9.17) is 5.73 Å². The van der Waals surface area contributed by atoms with Gasteiger partial charge >= 0.3 is 0 Å². The summed E-state index contributed by atoms with van der Waals surface area (Å²) in [5.41, 5.74) is 5.20. The SMILES string of the molecule is Nc1cnc(OCF)cn1. The first-order valence-corrected chi connectivity index (χ1v) is 2.59. The van der Waals surface area contributed by atoms with Crippen LogP contribution in [0.15, 0.2) is 12.4 Å². The summed E-state index contributed by atoms with van der Waals surface area (Å²) in [6.45, 7) is -0.904. The normalized spacial score (nSPS) is 9.30. The Morgan fingerprint density at radius 3 is 2.80 bits per heavy atom. The van der Waals surface area contributed by atoms with Gasteiger partial charge in [-0.25, -0.2) is 14.4 Å². The zero-order valence-electron chi connectivity index (χ0n) is 5.12. The highest BCUT2D eigenvalue weighted by Gasteiger charge is 1.92. The summed E-state index contributed by atoms with van der Waals surface area (Å²) < 4.78 is 15.8. The number of rotatable bonds is 2. The smallest absolute Gasteiger partial charge is 0.234 e. The molecule has 0 saturated heterocycles. The van der Waals surface area contributed by atoms with Crippen molar-refractivity contribution in [3.63, 3.8) is 0 Å². The lowest BCUT2D eigenvalue weighted by Crippen LogP contribution is -1.96. The highest BCUT2D eigenvalue weighted by molar-refractivity contribution is 5.24. The van der Waals surface area contributed by atoms with E-state index in [1.807, 2.05) is 0 Å². The van der Waals surface area contributed by atoms with Crippen LogP contribution in [0.5, 0.6) is 5.88 Å². The molecule has 1 aromatic heterocycles. The molecular weight excluding hydrogens is 137 g/mol. The van der Waals surface area contributed by atoms with E-state index in [0.29, 0.717) is 0 Å². The average Bonchev–Trinajstić information content (AvgIpc) is 1.95. The third-order valence-corrected chi connectivity index (χ3v) is 0.851. The molecule has 1 aromatic rings. The second-order valence-electron chi connectivity index (χ2n) is 1.53. The Kier molecular flexibility index (Phi) is 1.99. The molecule has 54 valence electrons. The fourth-order valence-corrected chi connectivity index (χ4v) is 0.457. The van der Waals surface area contributed by atoms with E-state index in [0.717, 1.165) is 0 Å². The molecule has 2 N–H and O–H groups in total. The Morgan fingerprint density at radius 1 is 1.50 bits per heavy atom. The van der Waals surface area contributed by atoms with Gasteiger partial charge in [-0.3, -0.25) is 0 Å². The van der Waals surface area contributed by atoms with Crippen molar-refractivity contribution < 1.29 is 9.13 Å². The van der Waals surface area contributed by atoms with Gasteiger partial charge in [-0.2, -0.15) is 0 Å². The van der Waals surface area contributed by atoms with Crippen LogP contribution in [0.3, 0.4) is 0 Å². The minimum Gasteiger partial charge on any atom is -0.445 e. The van der Waals surface area contributed by atoms with E-state index in [2.05, 4.69) is 14.7 Å². The molecule has 0 atom stereocenters. The van der Waals surface area contributed by atoms with Crippen molar-refractivity contribution in [1.29, 1.82) is 0 Å². The summed E-state index contributed by atoms with van der Waals surface area (Å²) in [6.07, 6.45) is 2.56. The fourth-order valence-electron chi connectivity index (χ4n) is 0.457. The maximum absolute atomic E-state index is 11.5. The molecule has 0 radical (unpaired) electrons. The molecule has 0 saturated carbocycles. The summed E-state index contributed by atoms with van der Waals surface area (Å²) in [5, 5.41) is 0. The van der Waals surface area contributed by atoms with Gasteiger partial charge in [-0.05, 0) is 0 Å². The number of hydrogen-bond acceptors (Lipinski definition) is 4. The van der Waals surface area contributed by atoms with Crippen LogP contribution < -0.4 is 10.5 Å². The highest BCUT2D eigenvalue weighted by Crippen LogP contribution is 2.03. The third kappa shape index (κ3) is 1.54. The second kappa shape index (κ2) is 2.95. The first kappa shape index (κ1) is 6.73. The number of ether oxygens (including phenoxy) is 1. The maximum Gasteiger partial charge on any atom is 0.234 e. The van der Waals surface area contributed by atoms with Crippen LogP contribution in [0.4, 0.5) is 10.2 Å².